The van der Waals surface area contributed by atoms with Gasteiger partial charge in [0.2, 0.25) is 5.91 Å². The first-order chi connectivity index (χ1) is 8.70. The second-order valence-electron chi connectivity index (χ2n) is 4.85. The molecule has 5 nitrogen and oxygen atoms in total. The predicted octanol–water partition coefficient (Wildman–Crippen LogP) is -0.0232. The number of nitrogens with two attached hydrogens (primary N) is 1. The zero-order valence-corrected chi connectivity index (χ0v) is 10.7. The fourth-order valence-electron chi connectivity index (χ4n) is 2.28. The number of nitrogens with one attached hydrogen (secondary N) is 1. The number of carbonyl (C=O) groups excluding carboxylic acids is 1. The van der Waals surface area contributed by atoms with Crippen LogP contribution in [0.4, 0.5) is 0 Å². The van der Waals surface area contributed by atoms with Crippen LogP contribution in [0.15, 0.2) is 24.4 Å². The lowest BCUT2D eigenvalue weighted by atomic mass is 10.1. The first-order valence-electron chi connectivity index (χ1n) is 6.32. The minimum absolute atomic E-state index is 0.0257. The minimum Gasteiger partial charge on any atom is -0.354 e. The summed E-state index contributed by atoms with van der Waals surface area (Å²) < 4.78 is 0. The number of carbonyl (C=O) groups is 1. The van der Waals surface area contributed by atoms with Crippen molar-refractivity contribution in [2.45, 2.75) is 19.5 Å². The van der Waals surface area contributed by atoms with Gasteiger partial charge in [-0.1, -0.05) is 13.0 Å². The third-order valence-corrected chi connectivity index (χ3v) is 3.23. The summed E-state index contributed by atoms with van der Waals surface area (Å²) in [5.41, 5.74) is 6.70. The molecule has 2 unspecified atom stereocenters. The Bertz CT molecular complexity index is 395. The van der Waals surface area contributed by atoms with Crippen molar-refractivity contribution in [3.8, 4) is 0 Å². The Labute approximate surface area is 107 Å². The summed E-state index contributed by atoms with van der Waals surface area (Å²) in [4.78, 5) is 18.4. The molecule has 1 aliphatic heterocycles. The van der Waals surface area contributed by atoms with Crippen molar-refractivity contribution >= 4 is 5.91 Å². The minimum atomic E-state index is -0.253. The van der Waals surface area contributed by atoms with Crippen molar-refractivity contribution in [3.05, 3.63) is 30.1 Å². The average molecular weight is 248 g/mol. The molecule has 5 heteroatoms. The third-order valence-electron chi connectivity index (χ3n) is 3.23. The molecule has 2 rings (SSSR count). The van der Waals surface area contributed by atoms with Gasteiger partial charge in [-0.05, 0) is 18.1 Å². The molecule has 0 bridgehead atoms. The smallest absolute Gasteiger partial charge is 0.238 e. The molecule has 3 N–H and O–H groups in total. The molecule has 2 heterocycles. The summed E-state index contributed by atoms with van der Waals surface area (Å²) in [5.74, 6) is 0.451. The summed E-state index contributed by atoms with van der Waals surface area (Å²) in [5, 5.41) is 2.93. The molecule has 1 aromatic rings. The molecule has 1 saturated heterocycles. The summed E-state index contributed by atoms with van der Waals surface area (Å²) in [6.07, 6.45) is 1.77. The zero-order valence-electron chi connectivity index (χ0n) is 10.7. The maximum atomic E-state index is 11.9. The Kier molecular flexibility index (Phi) is 4.28. The third kappa shape index (κ3) is 3.05. The molecule has 0 radical (unpaired) electrons. The predicted molar refractivity (Wildman–Crippen MR) is 69.7 cm³/mol. The van der Waals surface area contributed by atoms with E-state index in [1.807, 2.05) is 18.2 Å². The van der Waals surface area contributed by atoms with Gasteiger partial charge in [-0.25, -0.2) is 0 Å². The first kappa shape index (κ1) is 13.0. The van der Waals surface area contributed by atoms with Crippen LogP contribution in [-0.4, -0.2) is 41.5 Å². The van der Waals surface area contributed by atoms with Crippen LogP contribution < -0.4 is 11.1 Å². The van der Waals surface area contributed by atoms with E-state index in [0.29, 0.717) is 25.6 Å². The summed E-state index contributed by atoms with van der Waals surface area (Å²) in [7, 11) is 0. The Hall–Kier alpha value is -1.46. The monoisotopic (exact) mass is 248 g/mol. The van der Waals surface area contributed by atoms with Crippen molar-refractivity contribution in [1.82, 2.24) is 15.2 Å². The van der Waals surface area contributed by atoms with Gasteiger partial charge in [-0.15, -0.1) is 0 Å². The second-order valence-corrected chi connectivity index (χ2v) is 4.85. The molecule has 1 aromatic heterocycles. The van der Waals surface area contributed by atoms with Gasteiger partial charge in [-0.2, -0.15) is 0 Å². The van der Waals surface area contributed by atoms with Gasteiger partial charge in [0.1, 0.15) is 6.04 Å². The lowest BCUT2D eigenvalue weighted by Crippen LogP contribution is -2.48. The van der Waals surface area contributed by atoms with E-state index in [1.54, 1.807) is 6.20 Å². The van der Waals surface area contributed by atoms with Gasteiger partial charge in [-0.3, -0.25) is 14.7 Å². The largest absolute Gasteiger partial charge is 0.354 e. The molecule has 1 aliphatic rings. The molecular formula is C13H20N4O. The molecule has 18 heavy (non-hydrogen) atoms. The van der Waals surface area contributed by atoms with Gasteiger partial charge in [0.25, 0.3) is 0 Å². The SMILES string of the molecule is CC1CNC(=O)C(CN)N(Cc2ccccn2)C1. The topological polar surface area (TPSA) is 71.2 Å². The van der Waals surface area contributed by atoms with Crippen LogP contribution >= 0.6 is 0 Å². The van der Waals surface area contributed by atoms with Crippen molar-refractivity contribution in [2.75, 3.05) is 19.6 Å². The highest BCUT2D eigenvalue weighted by molar-refractivity contribution is 5.82. The van der Waals surface area contributed by atoms with Gasteiger partial charge in [0.15, 0.2) is 0 Å². The average Bonchev–Trinajstić information content (AvgIpc) is 2.50. The highest BCUT2D eigenvalue weighted by atomic mass is 16.2. The van der Waals surface area contributed by atoms with E-state index < -0.39 is 0 Å². The number of pyridine rings is 1. The maximum absolute atomic E-state index is 11.9. The van der Waals surface area contributed by atoms with E-state index in [-0.39, 0.29) is 11.9 Å². The number of hydrogen-bond donors (Lipinski definition) is 2. The Balaban J connectivity index is 2.13. The molecule has 98 valence electrons. The van der Waals surface area contributed by atoms with Crippen LogP contribution in [0.25, 0.3) is 0 Å². The van der Waals surface area contributed by atoms with Gasteiger partial charge in [0.05, 0.1) is 5.69 Å². The quantitative estimate of drug-likeness (QED) is 0.788. The highest BCUT2D eigenvalue weighted by Gasteiger charge is 2.29. The molecule has 0 aliphatic carbocycles. The van der Waals surface area contributed by atoms with Gasteiger partial charge < -0.3 is 11.1 Å². The molecule has 1 amide bonds. The van der Waals surface area contributed by atoms with Gasteiger partial charge in [0, 0.05) is 32.4 Å². The molecule has 0 aromatic carbocycles. The van der Waals surface area contributed by atoms with Crippen LogP contribution in [0.2, 0.25) is 0 Å². The highest BCUT2D eigenvalue weighted by Crippen LogP contribution is 2.12. The number of hydrogen-bond acceptors (Lipinski definition) is 4. The van der Waals surface area contributed by atoms with Crippen molar-refractivity contribution in [1.29, 1.82) is 0 Å². The molecule has 0 spiro atoms. The van der Waals surface area contributed by atoms with Crippen molar-refractivity contribution in [3.63, 3.8) is 0 Å². The van der Waals surface area contributed by atoms with Crippen LogP contribution in [0.1, 0.15) is 12.6 Å². The standard InChI is InChI=1S/C13H20N4O/c1-10-7-16-13(18)12(6-14)17(8-10)9-11-4-2-3-5-15-11/h2-5,10,12H,6-9,14H2,1H3,(H,16,18). The Morgan fingerprint density at radius 3 is 3.06 bits per heavy atom. The van der Waals surface area contributed by atoms with Gasteiger partial charge >= 0.3 is 0 Å². The van der Waals surface area contributed by atoms with E-state index in [0.717, 1.165) is 12.2 Å². The van der Waals surface area contributed by atoms with E-state index in [4.69, 9.17) is 5.73 Å². The van der Waals surface area contributed by atoms with Crippen LogP contribution in [0.3, 0.4) is 0 Å². The molecule has 2 atom stereocenters. The van der Waals surface area contributed by atoms with E-state index >= 15 is 0 Å². The van der Waals surface area contributed by atoms with Crippen molar-refractivity contribution < 1.29 is 4.79 Å². The number of rotatable bonds is 3. The first-order valence-corrected chi connectivity index (χ1v) is 6.32. The summed E-state index contributed by atoms with van der Waals surface area (Å²) >= 11 is 0. The Morgan fingerprint density at radius 1 is 1.56 bits per heavy atom. The summed E-state index contributed by atoms with van der Waals surface area (Å²) in [6.45, 7) is 4.71. The number of nitrogens with zero attached hydrogens (tertiary/aromatic N) is 2. The zero-order chi connectivity index (χ0) is 13.0. The van der Waals surface area contributed by atoms with Crippen LogP contribution in [0.5, 0.6) is 0 Å². The second kappa shape index (κ2) is 5.93. The van der Waals surface area contributed by atoms with E-state index in [2.05, 4.69) is 22.1 Å². The lowest BCUT2D eigenvalue weighted by molar-refractivity contribution is -0.125. The fraction of sp³-hybridized carbons (Fsp3) is 0.538. The normalized spacial score (nSPS) is 25.6. The number of amides is 1. The van der Waals surface area contributed by atoms with Crippen molar-refractivity contribution in [2.24, 2.45) is 11.7 Å². The molecule has 0 saturated carbocycles. The maximum Gasteiger partial charge on any atom is 0.238 e. The molecule has 1 fully saturated rings. The summed E-state index contributed by atoms with van der Waals surface area (Å²) in [6, 6.07) is 5.57. The fourth-order valence-corrected chi connectivity index (χ4v) is 2.28. The number of aromatic nitrogens is 1. The van der Waals surface area contributed by atoms with E-state index in [1.165, 1.54) is 0 Å². The van der Waals surface area contributed by atoms with Crippen LogP contribution in [-0.2, 0) is 11.3 Å². The van der Waals surface area contributed by atoms with E-state index in [9.17, 15) is 4.79 Å². The lowest BCUT2D eigenvalue weighted by Gasteiger charge is -2.27. The molecular weight excluding hydrogens is 228 g/mol. The Morgan fingerprint density at radius 2 is 2.39 bits per heavy atom. The van der Waals surface area contributed by atoms with Crippen LogP contribution in [0, 0.1) is 5.92 Å².